The molecular weight excluding hydrogens is 855 g/mol. The summed E-state index contributed by atoms with van der Waals surface area (Å²) < 4.78 is 74.7. The van der Waals surface area contributed by atoms with E-state index in [4.69, 9.17) is 4.84 Å². The van der Waals surface area contributed by atoms with Crippen LogP contribution in [0.2, 0.25) is 0 Å². The van der Waals surface area contributed by atoms with Gasteiger partial charge in [-0.2, -0.15) is 4.58 Å². The molecule has 2 N–H and O–H groups in total. The van der Waals surface area contributed by atoms with Crippen LogP contribution in [0, 0.1) is 0 Å². The molecule has 0 aromatic heterocycles. The quantitative estimate of drug-likeness (QED) is 0.0714. The molecular formula is C44H52N5O12S2-. The van der Waals surface area contributed by atoms with Crippen LogP contribution in [0.1, 0.15) is 97.1 Å². The van der Waals surface area contributed by atoms with Crippen molar-refractivity contribution in [2.45, 2.75) is 108 Å². The van der Waals surface area contributed by atoms with Crippen LogP contribution < -0.4 is 15.5 Å². The molecule has 3 heterocycles. The van der Waals surface area contributed by atoms with Gasteiger partial charge in [0.15, 0.2) is 11.5 Å². The number of para-hydroxylation sites is 1. The van der Waals surface area contributed by atoms with E-state index >= 15 is 0 Å². The van der Waals surface area contributed by atoms with Gasteiger partial charge in [0.25, 0.3) is 11.8 Å². The maximum absolute atomic E-state index is 14.5. The molecule has 0 radical (unpaired) electrons. The van der Waals surface area contributed by atoms with E-state index in [0.29, 0.717) is 28.6 Å². The number of benzene rings is 2. The molecule has 3 aliphatic heterocycles. The average Bonchev–Trinajstić information content (AvgIpc) is 3.71. The van der Waals surface area contributed by atoms with Gasteiger partial charge in [0.2, 0.25) is 11.6 Å². The third-order valence-corrected chi connectivity index (χ3v) is 13.6. The highest BCUT2D eigenvalue weighted by Crippen LogP contribution is 2.49. The molecule has 2 aromatic carbocycles. The fraction of sp³-hybridized carbons (Fsp3) is 0.455. The highest BCUT2D eigenvalue weighted by molar-refractivity contribution is 7.86. The van der Waals surface area contributed by atoms with Crippen molar-refractivity contribution in [3.05, 3.63) is 88.3 Å². The molecule has 3 amide bonds. The van der Waals surface area contributed by atoms with Crippen molar-refractivity contribution < 1.29 is 59.3 Å². The molecule has 19 heteroatoms. The van der Waals surface area contributed by atoms with Gasteiger partial charge in [-0.15, -0.1) is 5.06 Å². The highest BCUT2D eigenvalue weighted by Gasteiger charge is 2.47. The summed E-state index contributed by atoms with van der Waals surface area (Å²) in [4.78, 5) is 70.7. The third-order valence-electron chi connectivity index (χ3n) is 12.0. The zero-order chi connectivity index (χ0) is 46.2. The molecule has 1 aliphatic carbocycles. The Kier molecular flexibility index (Phi) is 13.4. The Balaban J connectivity index is 1.35. The summed E-state index contributed by atoms with van der Waals surface area (Å²) in [5, 5.41) is 5.99. The number of carbonyl (C=O) groups excluding carboxylic acids is 5. The molecule has 0 bridgehead atoms. The first-order valence-corrected chi connectivity index (χ1v) is 23.8. The molecule has 338 valence electrons. The van der Waals surface area contributed by atoms with Crippen LogP contribution in [-0.2, 0) is 59.9 Å². The minimum Gasteiger partial charge on any atom is -0.748 e. The van der Waals surface area contributed by atoms with Gasteiger partial charge >= 0.3 is 5.97 Å². The number of imide groups is 1. The van der Waals surface area contributed by atoms with Crippen molar-refractivity contribution >= 4 is 66.8 Å². The second-order valence-corrected chi connectivity index (χ2v) is 20.0. The number of Topliss-reactive ketones (excluding diaryl/α,β-unsaturated/α-hetero) is 1. The number of nitrogens with one attached hydrogen (secondary N) is 2. The van der Waals surface area contributed by atoms with Gasteiger partial charge < -0.3 is 29.5 Å². The van der Waals surface area contributed by atoms with E-state index in [9.17, 15) is 49.9 Å². The van der Waals surface area contributed by atoms with Gasteiger partial charge in [0, 0.05) is 72.4 Å². The third kappa shape index (κ3) is 9.70. The summed E-state index contributed by atoms with van der Waals surface area (Å²) in [5.41, 5.74) is 3.20. The number of allylic oxidation sites excluding steroid dienone is 5. The van der Waals surface area contributed by atoms with Gasteiger partial charge in [0.1, 0.15) is 23.2 Å². The molecule has 2 aromatic rings. The van der Waals surface area contributed by atoms with Crippen LogP contribution >= 0.6 is 0 Å². The Bertz CT molecular complexity index is 2610. The monoisotopic (exact) mass is 906 g/mol. The first kappa shape index (κ1) is 47.0. The zero-order valence-corrected chi connectivity index (χ0v) is 37.7. The van der Waals surface area contributed by atoms with Crippen molar-refractivity contribution in [3.63, 3.8) is 0 Å². The molecule has 4 aliphatic rings. The van der Waals surface area contributed by atoms with Crippen molar-refractivity contribution in [3.8, 4) is 0 Å². The number of unbranched alkanes of at least 4 members (excludes halogenated alkanes) is 3. The van der Waals surface area contributed by atoms with Crippen molar-refractivity contribution in [1.82, 2.24) is 15.7 Å². The number of anilines is 1. The number of hydrogen-bond acceptors (Lipinski definition) is 14. The summed E-state index contributed by atoms with van der Waals surface area (Å²) in [6.45, 7) is 10.4. The zero-order valence-electron chi connectivity index (χ0n) is 36.1. The van der Waals surface area contributed by atoms with Crippen molar-refractivity contribution in [2.24, 2.45) is 0 Å². The first-order valence-electron chi connectivity index (χ1n) is 20.8. The van der Waals surface area contributed by atoms with Crippen LogP contribution in [0.4, 0.5) is 11.4 Å². The Morgan fingerprint density at radius 2 is 1.59 bits per heavy atom. The Hall–Kier alpha value is -5.50. The minimum atomic E-state index is -5.05. The van der Waals surface area contributed by atoms with E-state index in [1.807, 2.05) is 38.1 Å². The summed E-state index contributed by atoms with van der Waals surface area (Å²) >= 11 is 0. The van der Waals surface area contributed by atoms with Crippen LogP contribution in [0.25, 0.3) is 0 Å². The first-order chi connectivity index (χ1) is 29.5. The number of fused-ring (bicyclic) bond motifs is 2. The van der Waals surface area contributed by atoms with Crippen molar-refractivity contribution in [2.75, 3.05) is 30.8 Å². The Morgan fingerprint density at radius 3 is 2.24 bits per heavy atom. The Labute approximate surface area is 367 Å². The van der Waals surface area contributed by atoms with Crippen molar-refractivity contribution in [1.29, 1.82) is 0 Å². The number of rotatable bonds is 18. The predicted octanol–water partition coefficient (Wildman–Crippen LogP) is 3.63. The maximum Gasteiger partial charge on any atom is 0.333 e. The van der Waals surface area contributed by atoms with E-state index in [-0.39, 0.29) is 55.5 Å². The summed E-state index contributed by atoms with van der Waals surface area (Å²) in [6.07, 6.45) is 6.18. The van der Waals surface area contributed by atoms with E-state index in [0.717, 1.165) is 36.2 Å². The topological polar surface area (TPSA) is 243 Å². The molecule has 1 saturated heterocycles. The largest absolute Gasteiger partial charge is 0.748 e. The standard InChI is InChI=1S/C44H53N5O12S2/c1-7-8-13-22-48-34-15-10-9-14-30(34)43(2,3)36(48)25-29-40(28(41(29)53)24-35-44(4,5)31-23-27(63(58,59)60)17-18-33(31)47(35)6)46-32(26-62(55,56)57)42(54)45-21-12-11-16-39(52)61-49-37(50)19-20-38(49)51/h9-10,14-15,17-18,23-25,32H,7-8,11-13,16,19-22,26H2,1-6H3,(H3-,45,46,53,54,55,56,57,58,59,60)/p-1. The maximum atomic E-state index is 14.5. The molecule has 0 spiro atoms. The van der Waals surface area contributed by atoms with E-state index < -0.39 is 77.2 Å². The lowest BCUT2D eigenvalue weighted by Crippen LogP contribution is -2.50. The summed E-state index contributed by atoms with van der Waals surface area (Å²) in [6, 6.07) is 10.3. The lowest BCUT2D eigenvalue weighted by Gasteiger charge is -2.33. The molecule has 6 rings (SSSR count). The predicted molar refractivity (Wildman–Crippen MR) is 228 cm³/mol. The molecule has 1 atom stereocenters. The van der Waals surface area contributed by atoms with E-state index in [1.165, 1.54) is 18.2 Å². The van der Waals surface area contributed by atoms with Gasteiger partial charge in [-0.3, -0.25) is 19.2 Å². The number of hydrogen-bond donors (Lipinski definition) is 2. The lowest BCUT2D eigenvalue weighted by atomic mass is 9.76. The number of amides is 3. The number of hydroxylamine groups is 2. The van der Waals surface area contributed by atoms with Gasteiger partial charge in [-0.05, 0) is 62.9 Å². The lowest BCUT2D eigenvalue weighted by molar-refractivity contribution is -0.401. The second kappa shape index (κ2) is 17.9. The second-order valence-electron chi connectivity index (χ2n) is 17.1. The minimum absolute atomic E-state index is 0.0568. The highest BCUT2D eigenvalue weighted by atomic mass is 32.2. The smallest absolute Gasteiger partial charge is 0.333 e. The van der Waals surface area contributed by atoms with Gasteiger partial charge in [0.05, 0.1) is 37.5 Å². The fourth-order valence-corrected chi connectivity index (χ4v) is 9.68. The van der Waals surface area contributed by atoms with Crippen LogP contribution in [0.3, 0.4) is 0 Å². The van der Waals surface area contributed by atoms with Crippen LogP contribution in [0.15, 0.2) is 82.1 Å². The Morgan fingerprint density at radius 1 is 0.905 bits per heavy atom. The number of carbonyl (C=O) groups is 5. The summed E-state index contributed by atoms with van der Waals surface area (Å²) in [5.74, 6) is -4.56. The molecule has 1 fully saturated rings. The SMILES string of the molecule is CCCCCN1/C(=C/C2=C(NC(CS(=O)(=O)[O-])C(=O)NCCCCC(=O)ON3C(=O)CCC3=O)C(=C/C3=[N+](C)c4ccc(S(=O)(=O)[O-])cc4C3(C)C)/C2=O)C(C)(C)c2ccccc21. The van der Waals surface area contributed by atoms with Crippen LogP contribution in [-0.4, -0.2) is 103 Å². The van der Waals surface area contributed by atoms with E-state index in [1.54, 1.807) is 37.6 Å². The fourth-order valence-electron chi connectivity index (χ4n) is 8.54. The summed E-state index contributed by atoms with van der Waals surface area (Å²) in [7, 11) is -8.13. The molecule has 17 nitrogen and oxygen atoms in total. The normalized spacial score (nSPS) is 19.8. The molecule has 63 heavy (non-hydrogen) atoms. The van der Waals surface area contributed by atoms with Crippen LogP contribution in [0.5, 0.6) is 0 Å². The van der Waals surface area contributed by atoms with E-state index in [2.05, 4.69) is 22.5 Å². The number of ketones is 1. The van der Waals surface area contributed by atoms with Gasteiger partial charge in [-0.1, -0.05) is 51.8 Å². The molecule has 0 saturated carbocycles. The average molecular weight is 907 g/mol. The number of nitrogens with zero attached hydrogens (tertiary/aromatic N) is 3. The van der Waals surface area contributed by atoms with Gasteiger partial charge in [-0.25, -0.2) is 21.6 Å². The molecule has 1 unspecified atom stereocenters.